The van der Waals surface area contributed by atoms with E-state index in [-0.39, 0.29) is 0 Å². The molecule has 1 heterocycles. The quantitative estimate of drug-likeness (QED) is 0.916. The molecule has 1 fully saturated rings. The van der Waals surface area contributed by atoms with E-state index in [1.165, 1.54) is 24.0 Å². The fraction of sp³-hybridized carbons (Fsp3) is 0.353. The third kappa shape index (κ3) is 2.48. The van der Waals surface area contributed by atoms with Gasteiger partial charge in [0.1, 0.15) is 11.6 Å². The molecule has 1 saturated carbocycles. The highest BCUT2D eigenvalue weighted by molar-refractivity contribution is 5.40. The minimum absolute atomic E-state index is 0.654. The van der Waals surface area contributed by atoms with Crippen LogP contribution in [0.15, 0.2) is 42.6 Å². The zero-order valence-corrected chi connectivity index (χ0v) is 12.0. The number of benzene rings is 1. The van der Waals surface area contributed by atoms with Gasteiger partial charge in [0, 0.05) is 13.2 Å². The summed E-state index contributed by atoms with van der Waals surface area (Å²) in [7, 11) is 3.63. The molecule has 3 heteroatoms. The number of hydrogen-bond donors (Lipinski definition) is 1. The Morgan fingerprint density at radius 1 is 1.10 bits per heavy atom. The van der Waals surface area contributed by atoms with Crippen molar-refractivity contribution >= 4 is 5.82 Å². The molecular formula is C17H20N2O. The van der Waals surface area contributed by atoms with E-state index in [1.54, 1.807) is 7.11 Å². The number of hydrogen-bond acceptors (Lipinski definition) is 3. The third-order valence-corrected chi connectivity index (χ3v) is 4.21. The van der Waals surface area contributed by atoms with Crippen molar-refractivity contribution in [1.29, 1.82) is 0 Å². The van der Waals surface area contributed by atoms with Crippen molar-refractivity contribution in [2.75, 3.05) is 19.5 Å². The number of aromatic nitrogens is 1. The summed E-state index contributed by atoms with van der Waals surface area (Å²) in [5.41, 5.74) is 2.78. The fourth-order valence-electron chi connectivity index (χ4n) is 2.90. The van der Waals surface area contributed by atoms with Gasteiger partial charge in [0.15, 0.2) is 0 Å². The first-order valence-corrected chi connectivity index (χ1v) is 7.08. The van der Waals surface area contributed by atoms with Crippen LogP contribution in [0.1, 0.15) is 35.8 Å². The van der Waals surface area contributed by atoms with Gasteiger partial charge in [-0.05, 0) is 60.1 Å². The van der Waals surface area contributed by atoms with E-state index in [9.17, 15) is 0 Å². The molecule has 1 aromatic carbocycles. The Morgan fingerprint density at radius 2 is 1.85 bits per heavy atom. The summed E-state index contributed by atoms with van der Waals surface area (Å²) in [5, 5.41) is 3.10. The lowest BCUT2D eigenvalue weighted by atomic mass is 9.69. The van der Waals surface area contributed by atoms with E-state index in [0.717, 1.165) is 11.6 Å². The fourth-order valence-corrected chi connectivity index (χ4v) is 2.90. The first-order chi connectivity index (χ1) is 9.80. The predicted molar refractivity (Wildman–Crippen MR) is 81.5 cm³/mol. The summed E-state index contributed by atoms with van der Waals surface area (Å²) in [6, 6.07) is 12.7. The van der Waals surface area contributed by atoms with Crippen LogP contribution < -0.4 is 10.1 Å². The summed E-state index contributed by atoms with van der Waals surface area (Å²) in [6.07, 6.45) is 4.31. The van der Waals surface area contributed by atoms with Crippen molar-refractivity contribution in [3.05, 3.63) is 53.7 Å². The molecule has 1 aliphatic carbocycles. The SMILES string of the molecule is CNc1cc(C2CC(c3cccc(OC)c3)C2)ccn1. The van der Waals surface area contributed by atoms with Crippen molar-refractivity contribution in [1.82, 2.24) is 4.98 Å². The largest absolute Gasteiger partial charge is 0.497 e. The Morgan fingerprint density at radius 3 is 2.55 bits per heavy atom. The number of nitrogens with zero attached hydrogens (tertiary/aromatic N) is 1. The van der Waals surface area contributed by atoms with E-state index in [4.69, 9.17) is 4.74 Å². The minimum Gasteiger partial charge on any atom is -0.497 e. The second-order valence-corrected chi connectivity index (χ2v) is 5.37. The average molecular weight is 268 g/mol. The molecule has 0 aliphatic heterocycles. The summed E-state index contributed by atoms with van der Waals surface area (Å²) in [5.74, 6) is 3.21. The lowest BCUT2D eigenvalue weighted by Crippen LogP contribution is -2.20. The molecule has 1 N–H and O–H groups in total. The summed E-state index contributed by atoms with van der Waals surface area (Å²) < 4.78 is 5.30. The number of methoxy groups -OCH3 is 1. The van der Waals surface area contributed by atoms with Crippen LogP contribution in [0.4, 0.5) is 5.82 Å². The molecule has 0 bridgehead atoms. The summed E-state index contributed by atoms with van der Waals surface area (Å²) in [6.45, 7) is 0. The van der Waals surface area contributed by atoms with Gasteiger partial charge < -0.3 is 10.1 Å². The van der Waals surface area contributed by atoms with Gasteiger partial charge in [-0.1, -0.05) is 12.1 Å². The summed E-state index contributed by atoms with van der Waals surface area (Å²) >= 11 is 0. The lowest BCUT2D eigenvalue weighted by molar-refractivity contribution is 0.349. The maximum atomic E-state index is 5.30. The van der Waals surface area contributed by atoms with Crippen LogP contribution in [-0.4, -0.2) is 19.1 Å². The second-order valence-electron chi connectivity index (χ2n) is 5.37. The van der Waals surface area contributed by atoms with Gasteiger partial charge in [0.25, 0.3) is 0 Å². The zero-order chi connectivity index (χ0) is 13.9. The van der Waals surface area contributed by atoms with E-state index < -0.39 is 0 Å². The highest BCUT2D eigenvalue weighted by atomic mass is 16.5. The zero-order valence-electron chi connectivity index (χ0n) is 12.0. The number of nitrogens with one attached hydrogen (secondary N) is 1. The van der Waals surface area contributed by atoms with Crippen molar-refractivity contribution in [2.45, 2.75) is 24.7 Å². The third-order valence-electron chi connectivity index (χ3n) is 4.21. The molecule has 0 unspecified atom stereocenters. The monoisotopic (exact) mass is 268 g/mol. The van der Waals surface area contributed by atoms with Gasteiger partial charge in [-0.15, -0.1) is 0 Å². The Bertz CT molecular complexity index is 540. The molecule has 3 nitrogen and oxygen atoms in total. The number of rotatable bonds is 4. The molecule has 3 rings (SSSR count). The van der Waals surface area contributed by atoms with Gasteiger partial charge in [0.2, 0.25) is 0 Å². The van der Waals surface area contributed by atoms with Crippen LogP contribution in [-0.2, 0) is 0 Å². The molecule has 20 heavy (non-hydrogen) atoms. The van der Waals surface area contributed by atoms with Gasteiger partial charge in [-0.3, -0.25) is 0 Å². The van der Waals surface area contributed by atoms with Crippen molar-refractivity contribution < 1.29 is 4.74 Å². The first kappa shape index (κ1) is 13.0. The topological polar surface area (TPSA) is 34.1 Å². The molecule has 1 aliphatic rings. The number of anilines is 1. The van der Waals surface area contributed by atoms with Crippen molar-refractivity contribution in [2.24, 2.45) is 0 Å². The van der Waals surface area contributed by atoms with Crippen LogP contribution in [0, 0.1) is 0 Å². The minimum atomic E-state index is 0.654. The van der Waals surface area contributed by atoms with Gasteiger partial charge >= 0.3 is 0 Å². The van der Waals surface area contributed by atoms with E-state index in [1.807, 2.05) is 19.3 Å². The second kappa shape index (κ2) is 5.53. The maximum Gasteiger partial charge on any atom is 0.125 e. The van der Waals surface area contributed by atoms with E-state index in [0.29, 0.717) is 11.8 Å². The molecule has 0 atom stereocenters. The van der Waals surface area contributed by atoms with Gasteiger partial charge in [0.05, 0.1) is 7.11 Å². The Hall–Kier alpha value is -2.03. The van der Waals surface area contributed by atoms with Crippen LogP contribution in [0.5, 0.6) is 5.75 Å². The summed E-state index contributed by atoms with van der Waals surface area (Å²) in [4.78, 5) is 4.27. The molecule has 0 saturated heterocycles. The Labute approximate surface area is 120 Å². The lowest BCUT2D eigenvalue weighted by Gasteiger charge is -2.36. The molecular weight excluding hydrogens is 248 g/mol. The first-order valence-electron chi connectivity index (χ1n) is 7.08. The number of ether oxygens (including phenoxy) is 1. The van der Waals surface area contributed by atoms with Gasteiger partial charge in [-0.2, -0.15) is 0 Å². The predicted octanol–water partition coefficient (Wildman–Crippen LogP) is 3.79. The molecule has 0 amide bonds. The normalized spacial score (nSPS) is 21.1. The maximum absolute atomic E-state index is 5.30. The standard InChI is InChI=1S/C17H20N2O/c1-18-17-11-13(6-7-19-17)15-8-14(9-15)12-4-3-5-16(10-12)20-2/h3-7,10-11,14-15H,8-9H2,1-2H3,(H,18,19). The highest BCUT2D eigenvalue weighted by Crippen LogP contribution is 2.48. The average Bonchev–Trinajstić information content (AvgIpc) is 2.46. The van der Waals surface area contributed by atoms with Crippen molar-refractivity contribution in [3.63, 3.8) is 0 Å². The van der Waals surface area contributed by atoms with Gasteiger partial charge in [-0.25, -0.2) is 4.98 Å². The van der Waals surface area contributed by atoms with Crippen LogP contribution in [0.2, 0.25) is 0 Å². The molecule has 1 aromatic heterocycles. The van der Waals surface area contributed by atoms with E-state index >= 15 is 0 Å². The van der Waals surface area contributed by atoms with Crippen LogP contribution in [0.25, 0.3) is 0 Å². The molecule has 104 valence electrons. The van der Waals surface area contributed by atoms with Crippen LogP contribution >= 0.6 is 0 Å². The smallest absolute Gasteiger partial charge is 0.125 e. The molecule has 0 spiro atoms. The van der Waals surface area contributed by atoms with Crippen LogP contribution in [0.3, 0.4) is 0 Å². The molecule has 0 radical (unpaired) electrons. The van der Waals surface area contributed by atoms with Crippen molar-refractivity contribution in [3.8, 4) is 5.75 Å². The molecule has 2 aromatic rings. The Kier molecular flexibility index (Phi) is 3.59. The highest BCUT2D eigenvalue weighted by Gasteiger charge is 2.31. The van der Waals surface area contributed by atoms with E-state index in [2.05, 4.69) is 40.6 Å². The number of pyridine rings is 1. The Balaban J connectivity index is 1.68.